The van der Waals surface area contributed by atoms with Crippen LogP contribution in [0.15, 0.2) is 18.2 Å². The van der Waals surface area contributed by atoms with Crippen LogP contribution in [0.5, 0.6) is 0 Å². The first-order valence-electron chi connectivity index (χ1n) is 4.84. The molecule has 0 heterocycles. The number of nitrogens with one attached hydrogen (secondary N) is 1. The number of halogens is 2. The van der Waals surface area contributed by atoms with Gasteiger partial charge in [-0.2, -0.15) is 0 Å². The fourth-order valence-corrected chi connectivity index (χ4v) is 1.42. The molecule has 1 aromatic rings. The molecular formula is C11H11Cl2NO3. The van der Waals surface area contributed by atoms with Crippen molar-refractivity contribution in [2.75, 3.05) is 13.7 Å². The van der Waals surface area contributed by atoms with Gasteiger partial charge in [-0.3, -0.25) is 9.59 Å². The molecule has 0 saturated carbocycles. The van der Waals surface area contributed by atoms with Crippen LogP contribution in [-0.2, 0) is 9.53 Å². The molecule has 1 rings (SSSR count). The Morgan fingerprint density at radius 2 is 2.00 bits per heavy atom. The quantitative estimate of drug-likeness (QED) is 0.858. The number of benzene rings is 1. The van der Waals surface area contributed by atoms with Crippen LogP contribution in [0.1, 0.15) is 16.8 Å². The van der Waals surface area contributed by atoms with Gasteiger partial charge < -0.3 is 10.1 Å². The number of amides is 1. The summed E-state index contributed by atoms with van der Waals surface area (Å²) in [5.41, 5.74) is 0.393. The normalized spacial score (nSPS) is 9.82. The summed E-state index contributed by atoms with van der Waals surface area (Å²) in [6, 6.07) is 4.57. The fourth-order valence-electron chi connectivity index (χ4n) is 1.12. The number of rotatable bonds is 4. The van der Waals surface area contributed by atoms with E-state index in [-0.39, 0.29) is 24.8 Å². The molecule has 92 valence electrons. The zero-order chi connectivity index (χ0) is 12.8. The largest absolute Gasteiger partial charge is 0.469 e. The van der Waals surface area contributed by atoms with Gasteiger partial charge in [-0.05, 0) is 18.2 Å². The average molecular weight is 276 g/mol. The maximum atomic E-state index is 11.6. The third-order valence-electron chi connectivity index (χ3n) is 2.02. The molecule has 0 aliphatic rings. The van der Waals surface area contributed by atoms with Gasteiger partial charge in [-0.15, -0.1) is 0 Å². The lowest BCUT2D eigenvalue weighted by atomic mass is 10.2. The van der Waals surface area contributed by atoms with E-state index in [2.05, 4.69) is 10.1 Å². The van der Waals surface area contributed by atoms with E-state index in [1.165, 1.54) is 13.2 Å². The van der Waals surface area contributed by atoms with Crippen LogP contribution in [0.4, 0.5) is 0 Å². The van der Waals surface area contributed by atoms with E-state index in [9.17, 15) is 9.59 Å². The van der Waals surface area contributed by atoms with Crippen LogP contribution in [-0.4, -0.2) is 25.5 Å². The highest BCUT2D eigenvalue weighted by Crippen LogP contribution is 2.22. The van der Waals surface area contributed by atoms with Crippen molar-refractivity contribution < 1.29 is 14.3 Å². The van der Waals surface area contributed by atoms with Crippen molar-refractivity contribution in [3.63, 3.8) is 0 Å². The van der Waals surface area contributed by atoms with Crippen molar-refractivity contribution in [1.29, 1.82) is 0 Å². The molecule has 1 N–H and O–H groups in total. The molecular weight excluding hydrogens is 265 g/mol. The van der Waals surface area contributed by atoms with Gasteiger partial charge in [0.25, 0.3) is 5.91 Å². The second-order valence-electron chi connectivity index (χ2n) is 3.21. The molecule has 1 aromatic carbocycles. The molecule has 1 amide bonds. The Morgan fingerprint density at radius 3 is 2.59 bits per heavy atom. The Morgan fingerprint density at radius 1 is 1.29 bits per heavy atom. The van der Waals surface area contributed by atoms with E-state index in [4.69, 9.17) is 23.2 Å². The summed E-state index contributed by atoms with van der Waals surface area (Å²) in [6.45, 7) is 0.214. The summed E-state index contributed by atoms with van der Waals surface area (Å²) in [4.78, 5) is 22.4. The maximum Gasteiger partial charge on any atom is 0.307 e. The van der Waals surface area contributed by atoms with Crippen LogP contribution in [0.25, 0.3) is 0 Å². The molecule has 0 aliphatic carbocycles. The summed E-state index contributed by atoms with van der Waals surface area (Å²) in [6.07, 6.45) is 0.129. The predicted molar refractivity (Wildman–Crippen MR) is 65.4 cm³/mol. The Labute approximate surface area is 109 Å². The summed E-state index contributed by atoms with van der Waals surface area (Å²) in [5, 5.41) is 3.27. The molecule has 0 spiro atoms. The van der Waals surface area contributed by atoms with Crippen molar-refractivity contribution in [3.8, 4) is 0 Å². The topological polar surface area (TPSA) is 55.4 Å². The molecule has 0 atom stereocenters. The van der Waals surface area contributed by atoms with Gasteiger partial charge in [-0.25, -0.2) is 0 Å². The van der Waals surface area contributed by atoms with Crippen molar-refractivity contribution in [3.05, 3.63) is 33.8 Å². The van der Waals surface area contributed by atoms with Gasteiger partial charge in [0.15, 0.2) is 0 Å². The summed E-state index contributed by atoms with van der Waals surface area (Å²) < 4.78 is 4.44. The van der Waals surface area contributed by atoms with Gasteiger partial charge in [0, 0.05) is 12.1 Å². The SMILES string of the molecule is COC(=O)CCNC(=O)c1ccc(Cl)c(Cl)c1. The molecule has 0 saturated heterocycles. The predicted octanol–water partition coefficient (Wildman–Crippen LogP) is 2.29. The van der Waals surface area contributed by atoms with E-state index < -0.39 is 0 Å². The lowest BCUT2D eigenvalue weighted by Crippen LogP contribution is -2.26. The smallest absolute Gasteiger partial charge is 0.307 e. The number of methoxy groups -OCH3 is 1. The monoisotopic (exact) mass is 275 g/mol. The Bertz CT molecular complexity index is 435. The van der Waals surface area contributed by atoms with Gasteiger partial charge >= 0.3 is 5.97 Å². The van der Waals surface area contributed by atoms with E-state index in [0.717, 1.165) is 0 Å². The first kappa shape index (κ1) is 13.8. The Kier molecular flexibility index (Phi) is 5.25. The summed E-state index contributed by atoms with van der Waals surface area (Å²) in [5.74, 6) is -0.688. The third-order valence-corrected chi connectivity index (χ3v) is 2.76. The number of hydrogen-bond acceptors (Lipinski definition) is 3. The Balaban J connectivity index is 2.52. The molecule has 4 nitrogen and oxygen atoms in total. The molecule has 0 aliphatic heterocycles. The number of ether oxygens (including phenoxy) is 1. The van der Waals surface area contributed by atoms with Crippen LogP contribution in [0.2, 0.25) is 10.0 Å². The van der Waals surface area contributed by atoms with E-state index >= 15 is 0 Å². The van der Waals surface area contributed by atoms with Crippen LogP contribution < -0.4 is 5.32 Å². The molecule has 0 radical (unpaired) electrons. The summed E-state index contributed by atoms with van der Waals surface area (Å²) >= 11 is 11.5. The molecule has 0 bridgehead atoms. The first-order valence-corrected chi connectivity index (χ1v) is 5.60. The van der Waals surface area contributed by atoms with Crippen LogP contribution in [0.3, 0.4) is 0 Å². The molecule has 0 fully saturated rings. The first-order chi connectivity index (χ1) is 8.04. The van der Waals surface area contributed by atoms with Gasteiger partial charge in [0.05, 0.1) is 23.6 Å². The van der Waals surface area contributed by atoms with Crippen LogP contribution in [0, 0.1) is 0 Å². The van der Waals surface area contributed by atoms with Gasteiger partial charge in [-0.1, -0.05) is 23.2 Å². The second kappa shape index (κ2) is 6.47. The van der Waals surface area contributed by atoms with E-state index in [1.54, 1.807) is 12.1 Å². The number of carbonyl (C=O) groups is 2. The fraction of sp³-hybridized carbons (Fsp3) is 0.273. The van der Waals surface area contributed by atoms with Crippen molar-refractivity contribution in [2.24, 2.45) is 0 Å². The highest BCUT2D eigenvalue weighted by atomic mass is 35.5. The average Bonchev–Trinajstić information content (AvgIpc) is 2.32. The van der Waals surface area contributed by atoms with Crippen LogP contribution >= 0.6 is 23.2 Å². The van der Waals surface area contributed by atoms with Crippen molar-refractivity contribution in [1.82, 2.24) is 5.32 Å². The highest BCUT2D eigenvalue weighted by Gasteiger charge is 2.08. The number of hydrogen-bond donors (Lipinski definition) is 1. The second-order valence-corrected chi connectivity index (χ2v) is 4.03. The van der Waals surface area contributed by atoms with Gasteiger partial charge in [0.1, 0.15) is 0 Å². The molecule has 0 unspecified atom stereocenters. The third kappa shape index (κ3) is 4.24. The maximum absolute atomic E-state index is 11.6. The van der Waals surface area contributed by atoms with E-state index in [0.29, 0.717) is 15.6 Å². The Hall–Kier alpha value is -1.26. The minimum absolute atomic E-state index is 0.129. The molecule has 0 aromatic heterocycles. The zero-order valence-electron chi connectivity index (χ0n) is 9.13. The molecule has 6 heteroatoms. The van der Waals surface area contributed by atoms with E-state index in [1.807, 2.05) is 0 Å². The van der Waals surface area contributed by atoms with Crippen molar-refractivity contribution >= 4 is 35.1 Å². The minimum Gasteiger partial charge on any atom is -0.469 e. The standard InChI is InChI=1S/C11H11Cl2NO3/c1-17-10(15)4-5-14-11(16)7-2-3-8(12)9(13)6-7/h2-3,6H,4-5H2,1H3,(H,14,16). The number of carbonyl (C=O) groups excluding carboxylic acids is 2. The van der Waals surface area contributed by atoms with Crippen molar-refractivity contribution in [2.45, 2.75) is 6.42 Å². The lowest BCUT2D eigenvalue weighted by molar-refractivity contribution is -0.140. The zero-order valence-corrected chi connectivity index (χ0v) is 10.6. The minimum atomic E-state index is -0.376. The lowest BCUT2D eigenvalue weighted by Gasteiger charge is -2.05. The highest BCUT2D eigenvalue weighted by molar-refractivity contribution is 6.42. The number of esters is 1. The molecule has 17 heavy (non-hydrogen) atoms. The van der Waals surface area contributed by atoms with Gasteiger partial charge in [0.2, 0.25) is 0 Å². The summed E-state index contributed by atoms with van der Waals surface area (Å²) in [7, 11) is 1.29.